The maximum Gasteiger partial charge on any atom is 0.347 e. The van der Waals surface area contributed by atoms with Gasteiger partial charge in [-0.1, -0.05) is 0 Å². The third-order valence-corrected chi connectivity index (χ3v) is 1.98. The summed E-state index contributed by atoms with van der Waals surface area (Å²) in [6.07, 6.45) is 1.25. The molecule has 0 amide bonds. The molecule has 0 fully saturated rings. The Morgan fingerprint density at radius 1 is 1.64 bits per heavy atom. The second-order valence-corrected chi connectivity index (χ2v) is 2.82. The molecule has 0 aliphatic carbocycles. The number of hydrogen-bond donors (Lipinski definition) is 0. The summed E-state index contributed by atoms with van der Waals surface area (Å²) in [6, 6.07) is 0. The van der Waals surface area contributed by atoms with Crippen LogP contribution < -0.4 is 5.69 Å². The summed E-state index contributed by atoms with van der Waals surface area (Å²) in [6.45, 7) is 3.71. The van der Waals surface area contributed by atoms with Crippen molar-refractivity contribution < 1.29 is 9.53 Å². The van der Waals surface area contributed by atoms with Crippen molar-refractivity contribution in [1.29, 1.82) is 0 Å². The zero-order chi connectivity index (χ0) is 10.7. The highest BCUT2D eigenvalue weighted by Crippen LogP contribution is 2.04. The van der Waals surface area contributed by atoms with Gasteiger partial charge in [-0.05, 0) is 13.8 Å². The van der Waals surface area contributed by atoms with Crippen molar-refractivity contribution >= 4 is 5.97 Å². The van der Waals surface area contributed by atoms with Gasteiger partial charge >= 0.3 is 11.7 Å². The first kappa shape index (κ1) is 10.4. The number of esters is 1. The number of carbonyl (C=O) groups excluding carboxylic acids is 1. The third-order valence-electron chi connectivity index (χ3n) is 1.98. The SMILES string of the molecule is CCOC(=O)c1cnc(=O)n(C)c1C. The minimum Gasteiger partial charge on any atom is -0.462 e. The lowest BCUT2D eigenvalue weighted by molar-refractivity contribution is 0.0523. The van der Waals surface area contributed by atoms with Gasteiger partial charge in [0, 0.05) is 18.9 Å². The molecule has 0 N–H and O–H groups in total. The van der Waals surface area contributed by atoms with Gasteiger partial charge in [0.1, 0.15) is 0 Å². The molecule has 0 saturated heterocycles. The molecule has 1 aromatic heterocycles. The Balaban J connectivity index is 3.18. The number of hydrogen-bond acceptors (Lipinski definition) is 4. The Morgan fingerprint density at radius 3 is 2.86 bits per heavy atom. The third kappa shape index (κ3) is 1.81. The van der Waals surface area contributed by atoms with E-state index in [2.05, 4.69) is 4.98 Å². The van der Waals surface area contributed by atoms with Crippen LogP contribution in [0.1, 0.15) is 23.0 Å². The maximum atomic E-state index is 11.4. The summed E-state index contributed by atoms with van der Waals surface area (Å²) < 4.78 is 6.12. The zero-order valence-corrected chi connectivity index (χ0v) is 8.40. The number of carbonyl (C=O) groups is 1. The van der Waals surface area contributed by atoms with E-state index in [1.807, 2.05) is 0 Å². The van der Waals surface area contributed by atoms with Crippen LogP contribution in [0.5, 0.6) is 0 Å². The van der Waals surface area contributed by atoms with E-state index >= 15 is 0 Å². The van der Waals surface area contributed by atoms with Gasteiger partial charge in [-0.15, -0.1) is 0 Å². The Bertz CT molecular complexity index is 409. The van der Waals surface area contributed by atoms with Gasteiger partial charge in [-0.2, -0.15) is 0 Å². The van der Waals surface area contributed by atoms with Crippen LogP contribution in [0.3, 0.4) is 0 Å². The average Bonchev–Trinajstić information content (AvgIpc) is 2.15. The van der Waals surface area contributed by atoms with E-state index in [0.717, 1.165) is 0 Å². The number of rotatable bonds is 2. The van der Waals surface area contributed by atoms with Crippen LogP contribution in [-0.2, 0) is 11.8 Å². The summed E-state index contributed by atoms with van der Waals surface area (Å²) in [4.78, 5) is 26.0. The lowest BCUT2D eigenvalue weighted by Crippen LogP contribution is -2.24. The Labute approximate surface area is 81.3 Å². The predicted octanol–water partition coefficient (Wildman–Crippen LogP) is 0.265. The highest BCUT2D eigenvalue weighted by Gasteiger charge is 2.12. The summed E-state index contributed by atoms with van der Waals surface area (Å²) in [5.74, 6) is -0.451. The quantitative estimate of drug-likeness (QED) is 0.637. The molecule has 1 heterocycles. The van der Waals surface area contributed by atoms with Gasteiger partial charge in [-0.3, -0.25) is 4.57 Å². The fraction of sp³-hybridized carbons (Fsp3) is 0.444. The van der Waals surface area contributed by atoms with E-state index in [9.17, 15) is 9.59 Å². The van der Waals surface area contributed by atoms with Crippen LogP contribution in [-0.4, -0.2) is 22.1 Å². The Kier molecular flexibility index (Phi) is 3.01. The van der Waals surface area contributed by atoms with Gasteiger partial charge in [0.15, 0.2) is 0 Å². The van der Waals surface area contributed by atoms with Crippen molar-refractivity contribution in [3.05, 3.63) is 27.9 Å². The first-order chi connectivity index (χ1) is 6.57. The second kappa shape index (κ2) is 4.04. The van der Waals surface area contributed by atoms with Crippen molar-refractivity contribution in [2.75, 3.05) is 6.61 Å². The van der Waals surface area contributed by atoms with Crippen LogP contribution in [0.25, 0.3) is 0 Å². The molecule has 0 unspecified atom stereocenters. The summed E-state index contributed by atoms with van der Waals surface area (Å²) in [5, 5.41) is 0. The Hall–Kier alpha value is -1.65. The van der Waals surface area contributed by atoms with Crippen molar-refractivity contribution in [3.63, 3.8) is 0 Å². The Morgan fingerprint density at radius 2 is 2.29 bits per heavy atom. The van der Waals surface area contributed by atoms with Crippen molar-refractivity contribution in [1.82, 2.24) is 9.55 Å². The van der Waals surface area contributed by atoms with Crippen molar-refractivity contribution in [3.8, 4) is 0 Å². The molecule has 0 aliphatic rings. The molecule has 1 aromatic rings. The molecule has 1 rings (SSSR count). The molecule has 0 spiro atoms. The smallest absolute Gasteiger partial charge is 0.347 e. The van der Waals surface area contributed by atoms with Crippen molar-refractivity contribution in [2.45, 2.75) is 13.8 Å². The number of aromatic nitrogens is 2. The molecule has 14 heavy (non-hydrogen) atoms. The van der Waals surface area contributed by atoms with E-state index in [4.69, 9.17) is 4.74 Å². The lowest BCUT2D eigenvalue weighted by Gasteiger charge is -2.07. The van der Waals surface area contributed by atoms with E-state index < -0.39 is 5.97 Å². The molecule has 0 bridgehead atoms. The summed E-state index contributed by atoms with van der Waals surface area (Å²) in [7, 11) is 1.56. The molecular weight excluding hydrogens is 184 g/mol. The van der Waals surface area contributed by atoms with Crippen LogP contribution >= 0.6 is 0 Å². The molecule has 0 aliphatic heterocycles. The summed E-state index contributed by atoms with van der Waals surface area (Å²) >= 11 is 0. The normalized spacial score (nSPS) is 9.93. The van der Waals surface area contributed by atoms with Crippen LogP contribution in [0, 0.1) is 6.92 Å². The highest BCUT2D eigenvalue weighted by molar-refractivity contribution is 5.90. The van der Waals surface area contributed by atoms with Gasteiger partial charge in [-0.25, -0.2) is 14.6 Å². The van der Waals surface area contributed by atoms with Crippen LogP contribution in [0.2, 0.25) is 0 Å². The van der Waals surface area contributed by atoms with Crippen LogP contribution in [0.15, 0.2) is 11.0 Å². The molecule has 0 atom stereocenters. The minimum atomic E-state index is -0.451. The number of nitrogens with zero attached hydrogens (tertiary/aromatic N) is 2. The monoisotopic (exact) mass is 196 g/mol. The topological polar surface area (TPSA) is 61.2 Å². The van der Waals surface area contributed by atoms with E-state index in [0.29, 0.717) is 17.9 Å². The van der Waals surface area contributed by atoms with Gasteiger partial charge < -0.3 is 4.74 Å². The zero-order valence-electron chi connectivity index (χ0n) is 8.40. The van der Waals surface area contributed by atoms with E-state index in [-0.39, 0.29) is 5.69 Å². The first-order valence-corrected chi connectivity index (χ1v) is 4.27. The standard InChI is InChI=1S/C9H12N2O3/c1-4-14-8(12)7-5-10-9(13)11(3)6(7)2/h5H,4H2,1-3H3. The molecule has 5 nitrogen and oxygen atoms in total. The van der Waals surface area contributed by atoms with Gasteiger partial charge in [0.25, 0.3) is 0 Å². The van der Waals surface area contributed by atoms with E-state index in [1.54, 1.807) is 20.9 Å². The van der Waals surface area contributed by atoms with Crippen LogP contribution in [0.4, 0.5) is 0 Å². The number of ether oxygens (including phenoxy) is 1. The van der Waals surface area contributed by atoms with Crippen molar-refractivity contribution in [2.24, 2.45) is 7.05 Å². The lowest BCUT2D eigenvalue weighted by atomic mass is 10.2. The molecular formula is C9H12N2O3. The fourth-order valence-electron chi connectivity index (χ4n) is 1.03. The largest absolute Gasteiger partial charge is 0.462 e. The molecule has 5 heteroatoms. The first-order valence-electron chi connectivity index (χ1n) is 4.27. The highest BCUT2D eigenvalue weighted by atomic mass is 16.5. The molecule has 0 aromatic carbocycles. The average molecular weight is 196 g/mol. The second-order valence-electron chi connectivity index (χ2n) is 2.82. The fourth-order valence-corrected chi connectivity index (χ4v) is 1.03. The maximum absolute atomic E-state index is 11.4. The molecule has 0 saturated carbocycles. The molecule has 76 valence electrons. The van der Waals surface area contributed by atoms with Gasteiger partial charge in [0.2, 0.25) is 0 Å². The molecule has 0 radical (unpaired) electrons. The predicted molar refractivity (Wildman–Crippen MR) is 50.2 cm³/mol. The summed E-state index contributed by atoms with van der Waals surface area (Å²) in [5.41, 5.74) is 0.507. The minimum absolute atomic E-state index is 0.307. The van der Waals surface area contributed by atoms with E-state index in [1.165, 1.54) is 10.8 Å². The van der Waals surface area contributed by atoms with Gasteiger partial charge in [0.05, 0.1) is 12.2 Å².